The first-order chi connectivity index (χ1) is 11.5. The summed E-state index contributed by atoms with van der Waals surface area (Å²) in [5.41, 5.74) is 3.33. The maximum atomic E-state index is 12.5. The molecule has 1 saturated heterocycles. The average Bonchev–Trinajstić information content (AvgIpc) is 3.03. The van der Waals surface area contributed by atoms with Gasteiger partial charge in [0.05, 0.1) is 11.8 Å². The zero-order valence-electron chi connectivity index (χ0n) is 14.8. The molecule has 128 valence electrons. The second kappa shape index (κ2) is 7.18. The van der Waals surface area contributed by atoms with Crippen LogP contribution >= 0.6 is 0 Å². The molecule has 0 atom stereocenters. The molecule has 3 rings (SSSR count). The van der Waals surface area contributed by atoms with Gasteiger partial charge >= 0.3 is 0 Å². The van der Waals surface area contributed by atoms with E-state index < -0.39 is 0 Å². The summed E-state index contributed by atoms with van der Waals surface area (Å²) < 4.78 is 1.67. The van der Waals surface area contributed by atoms with Crippen molar-refractivity contribution < 1.29 is 4.79 Å². The number of benzene rings is 1. The first-order valence-electron chi connectivity index (χ1n) is 8.56. The Balaban J connectivity index is 1.52. The van der Waals surface area contributed by atoms with Gasteiger partial charge in [0.15, 0.2) is 0 Å². The average molecular weight is 326 g/mol. The van der Waals surface area contributed by atoms with Crippen molar-refractivity contribution in [3.63, 3.8) is 0 Å². The zero-order valence-corrected chi connectivity index (χ0v) is 14.8. The van der Waals surface area contributed by atoms with E-state index in [4.69, 9.17) is 0 Å². The third-order valence-electron chi connectivity index (χ3n) is 4.90. The van der Waals surface area contributed by atoms with Gasteiger partial charge in [-0.05, 0) is 25.3 Å². The Bertz CT molecular complexity index is 684. The van der Waals surface area contributed by atoms with Gasteiger partial charge in [-0.15, -0.1) is 0 Å². The van der Waals surface area contributed by atoms with Gasteiger partial charge in [0.25, 0.3) is 5.91 Å². The highest BCUT2D eigenvalue weighted by Gasteiger charge is 2.26. The summed E-state index contributed by atoms with van der Waals surface area (Å²) in [6.45, 7) is 5.17. The fourth-order valence-corrected chi connectivity index (χ4v) is 3.32. The van der Waals surface area contributed by atoms with Gasteiger partial charge in [-0.3, -0.25) is 14.4 Å². The van der Waals surface area contributed by atoms with Crippen LogP contribution in [-0.4, -0.2) is 51.7 Å². The molecule has 1 amide bonds. The van der Waals surface area contributed by atoms with Crippen molar-refractivity contribution in [3.8, 4) is 0 Å². The maximum absolute atomic E-state index is 12.5. The molecule has 0 N–H and O–H groups in total. The largest absolute Gasteiger partial charge is 0.339 e. The molecule has 1 aliphatic heterocycles. The predicted molar refractivity (Wildman–Crippen MR) is 94.8 cm³/mol. The Morgan fingerprint density at radius 3 is 2.50 bits per heavy atom. The second-order valence-corrected chi connectivity index (χ2v) is 6.81. The van der Waals surface area contributed by atoms with E-state index in [-0.39, 0.29) is 5.91 Å². The SMILES string of the molecule is Cc1ccc(CN2CCC(N(C)C(=O)c3cnn(C)c3)CC2)cc1. The minimum atomic E-state index is 0.0695. The van der Waals surface area contributed by atoms with E-state index >= 15 is 0 Å². The molecule has 1 fully saturated rings. The topological polar surface area (TPSA) is 41.4 Å². The fraction of sp³-hybridized carbons (Fsp3) is 0.474. The maximum Gasteiger partial charge on any atom is 0.257 e. The van der Waals surface area contributed by atoms with E-state index in [2.05, 4.69) is 41.2 Å². The van der Waals surface area contributed by atoms with Crippen molar-refractivity contribution in [1.82, 2.24) is 19.6 Å². The Kier molecular flexibility index (Phi) is 5.00. The third-order valence-corrected chi connectivity index (χ3v) is 4.90. The number of rotatable bonds is 4. The second-order valence-electron chi connectivity index (χ2n) is 6.81. The van der Waals surface area contributed by atoms with Crippen molar-refractivity contribution in [2.45, 2.75) is 32.4 Å². The lowest BCUT2D eigenvalue weighted by Gasteiger charge is -2.36. The first kappa shape index (κ1) is 16.7. The third kappa shape index (κ3) is 3.85. The van der Waals surface area contributed by atoms with Crippen LogP contribution in [0.3, 0.4) is 0 Å². The number of hydrogen-bond donors (Lipinski definition) is 0. The van der Waals surface area contributed by atoms with E-state index in [9.17, 15) is 4.79 Å². The summed E-state index contributed by atoms with van der Waals surface area (Å²) in [5.74, 6) is 0.0695. The van der Waals surface area contributed by atoms with Crippen LogP contribution in [0.1, 0.15) is 34.3 Å². The number of likely N-dealkylation sites (tertiary alicyclic amines) is 1. The summed E-state index contributed by atoms with van der Waals surface area (Å²) in [7, 11) is 3.75. The van der Waals surface area contributed by atoms with Crippen LogP contribution in [0, 0.1) is 6.92 Å². The highest BCUT2D eigenvalue weighted by atomic mass is 16.2. The summed E-state index contributed by atoms with van der Waals surface area (Å²) in [6, 6.07) is 9.07. The van der Waals surface area contributed by atoms with Crippen molar-refractivity contribution in [1.29, 1.82) is 0 Å². The van der Waals surface area contributed by atoms with Gasteiger partial charge in [-0.1, -0.05) is 29.8 Å². The summed E-state index contributed by atoms with van der Waals surface area (Å²) >= 11 is 0. The molecule has 0 bridgehead atoms. The first-order valence-corrected chi connectivity index (χ1v) is 8.56. The molecule has 0 spiro atoms. The van der Waals surface area contributed by atoms with Crippen LogP contribution in [0.5, 0.6) is 0 Å². The molecular formula is C19H26N4O. The van der Waals surface area contributed by atoms with Gasteiger partial charge in [0, 0.05) is 46.0 Å². The Morgan fingerprint density at radius 1 is 1.25 bits per heavy atom. The van der Waals surface area contributed by atoms with Crippen LogP contribution in [0.15, 0.2) is 36.7 Å². The molecule has 0 radical (unpaired) electrons. The van der Waals surface area contributed by atoms with E-state index in [1.165, 1.54) is 11.1 Å². The molecule has 0 aliphatic carbocycles. The minimum Gasteiger partial charge on any atom is -0.339 e. The predicted octanol–water partition coefficient (Wildman–Crippen LogP) is 2.47. The molecule has 2 heterocycles. The van der Waals surface area contributed by atoms with Gasteiger partial charge in [0.2, 0.25) is 0 Å². The molecule has 1 aromatic carbocycles. The van der Waals surface area contributed by atoms with Crippen LogP contribution in [-0.2, 0) is 13.6 Å². The van der Waals surface area contributed by atoms with Crippen molar-refractivity contribution in [2.24, 2.45) is 7.05 Å². The Morgan fingerprint density at radius 2 is 1.92 bits per heavy atom. The molecule has 0 saturated carbocycles. The van der Waals surface area contributed by atoms with E-state index in [1.54, 1.807) is 17.1 Å². The number of nitrogens with zero attached hydrogens (tertiary/aromatic N) is 4. The Labute approximate surface area is 143 Å². The van der Waals surface area contributed by atoms with E-state index in [0.717, 1.165) is 32.5 Å². The smallest absolute Gasteiger partial charge is 0.257 e. The molecule has 1 aromatic heterocycles. The highest BCUT2D eigenvalue weighted by molar-refractivity contribution is 5.93. The molecule has 5 heteroatoms. The normalized spacial score (nSPS) is 16.3. The van der Waals surface area contributed by atoms with Crippen LogP contribution in [0.2, 0.25) is 0 Å². The number of piperidine rings is 1. The molecule has 5 nitrogen and oxygen atoms in total. The quantitative estimate of drug-likeness (QED) is 0.867. The van der Waals surface area contributed by atoms with E-state index in [1.807, 2.05) is 19.0 Å². The number of amides is 1. The van der Waals surface area contributed by atoms with Crippen molar-refractivity contribution in [3.05, 3.63) is 53.3 Å². The number of aryl methyl sites for hydroxylation is 2. The zero-order chi connectivity index (χ0) is 17.1. The summed E-state index contributed by atoms with van der Waals surface area (Å²) in [4.78, 5) is 16.9. The molecule has 1 aliphatic rings. The fourth-order valence-electron chi connectivity index (χ4n) is 3.32. The lowest BCUT2D eigenvalue weighted by Crippen LogP contribution is -2.45. The van der Waals surface area contributed by atoms with Gasteiger partial charge in [-0.2, -0.15) is 5.10 Å². The molecule has 0 unspecified atom stereocenters. The molecule has 24 heavy (non-hydrogen) atoms. The molecule has 2 aromatic rings. The van der Waals surface area contributed by atoms with Gasteiger partial charge < -0.3 is 4.90 Å². The number of hydrogen-bond acceptors (Lipinski definition) is 3. The Hall–Kier alpha value is -2.14. The van der Waals surface area contributed by atoms with Crippen LogP contribution in [0.25, 0.3) is 0 Å². The highest BCUT2D eigenvalue weighted by Crippen LogP contribution is 2.19. The van der Waals surface area contributed by atoms with Gasteiger partial charge in [0.1, 0.15) is 0 Å². The molecular weight excluding hydrogens is 300 g/mol. The lowest BCUT2D eigenvalue weighted by atomic mass is 10.0. The number of carbonyl (C=O) groups is 1. The van der Waals surface area contributed by atoms with Crippen LogP contribution < -0.4 is 0 Å². The number of carbonyl (C=O) groups excluding carboxylic acids is 1. The van der Waals surface area contributed by atoms with Gasteiger partial charge in [-0.25, -0.2) is 0 Å². The summed E-state index contributed by atoms with van der Waals surface area (Å²) in [5, 5.41) is 4.09. The van der Waals surface area contributed by atoms with Crippen LogP contribution in [0.4, 0.5) is 0 Å². The monoisotopic (exact) mass is 326 g/mol. The number of aromatic nitrogens is 2. The van der Waals surface area contributed by atoms with Crippen molar-refractivity contribution >= 4 is 5.91 Å². The van der Waals surface area contributed by atoms with Crippen molar-refractivity contribution in [2.75, 3.05) is 20.1 Å². The lowest BCUT2D eigenvalue weighted by molar-refractivity contribution is 0.0636. The standard InChI is InChI=1S/C19H26N4O/c1-15-4-6-16(7-5-15)13-23-10-8-18(9-11-23)22(3)19(24)17-12-20-21(2)14-17/h4-7,12,14,18H,8-11,13H2,1-3H3. The van der Waals surface area contributed by atoms with E-state index in [0.29, 0.717) is 11.6 Å². The summed E-state index contributed by atoms with van der Waals surface area (Å²) in [6.07, 6.45) is 5.47. The minimum absolute atomic E-state index is 0.0695.